The molecule has 72 valence electrons. The van der Waals surface area contributed by atoms with Crippen LogP contribution in [0.25, 0.3) is 0 Å². The van der Waals surface area contributed by atoms with Crippen molar-refractivity contribution in [3.05, 3.63) is 28.8 Å². The number of hydrogen-bond acceptors (Lipinski definition) is 3. The number of ketones is 1. The molecule has 0 aliphatic heterocycles. The fourth-order valence-corrected chi connectivity index (χ4v) is 1.35. The van der Waals surface area contributed by atoms with Crippen molar-refractivity contribution in [1.82, 2.24) is 0 Å². The Balaban J connectivity index is 3.42. The normalized spacial score (nSPS) is 9.50. The number of halogens is 1. The standard InChI is InChI=1S/C10H8ClNO2/c1-6-2-7(5-12)10(8(13)3-6)9(14)4-11/h2-3,13H,4H2,1H3. The lowest BCUT2D eigenvalue weighted by atomic mass is 10.0. The fraction of sp³-hybridized carbons (Fsp3) is 0.200. The minimum absolute atomic E-state index is 0.00750. The van der Waals surface area contributed by atoms with E-state index < -0.39 is 5.78 Å². The lowest BCUT2D eigenvalue weighted by Gasteiger charge is -2.04. The molecular weight excluding hydrogens is 202 g/mol. The topological polar surface area (TPSA) is 61.1 Å². The highest BCUT2D eigenvalue weighted by atomic mass is 35.5. The first kappa shape index (κ1) is 10.6. The Morgan fingerprint density at radius 2 is 2.29 bits per heavy atom. The molecule has 0 fully saturated rings. The Bertz CT molecular complexity index is 421. The second-order valence-electron chi connectivity index (χ2n) is 2.88. The van der Waals surface area contributed by atoms with Crippen molar-refractivity contribution in [2.75, 3.05) is 5.88 Å². The van der Waals surface area contributed by atoms with Gasteiger partial charge in [0.05, 0.1) is 17.0 Å². The van der Waals surface area contributed by atoms with Crippen molar-refractivity contribution in [1.29, 1.82) is 5.26 Å². The van der Waals surface area contributed by atoms with Gasteiger partial charge in [-0.15, -0.1) is 11.6 Å². The maximum Gasteiger partial charge on any atom is 0.182 e. The van der Waals surface area contributed by atoms with Gasteiger partial charge >= 0.3 is 0 Å². The summed E-state index contributed by atoms with van der Waals surface area (Å²) < 4.78 is 0. The Kier molecular flexibility index (Phi) is 3.10. The quantitative estimate of drug-likeness (QED) is 0.599. The van der Waals surface area contributed by atoms with Crippen LogP contribution in [-0.4, -0.2) is 16.8 Å². The summed E-state index contributed by atoms with van der Waals surface area (Å²) in [6.45, 7) is 1.73. The zero-order chi connectivity index (χ0) is 10.7. The number of nitriles is 1. The number of nitrogens with zero attached hydrogens (tertiary/aromatic N) is 1. The number of alkyl halides is 1. The highest BCUT2D eigenvalue weighted by Gasteiger charge is 2.15. The largest absolute Gasteiger partial charge is 0.507 e. The van der Waals surface area contributed by atoms with Gasteiger partial charge in [0.1, 0.15) is 11.8 Å². The molecule has 0 radical (unpaired) electrons. The number of aromatic hydroxyl groups is 1. The van der Waals surface area contributed by atoms with Gasteiger partial charge in [-0.25, -0.2) is 0 Å². The Labute approximate surface area is 86.5 Å². The molecule has 0 spiro atoms. The fourth-order valence-electron chi connectivity index (χ4n) is 1.22. The summed E-state index contributed by atoms with van der Waals surface area (Å²) in [7, 11) is 0. The predicted molar refractivity (Wildman–Crippen MR) is 52.6 cm³/mol. The molecule has 14 heavy (non-hydrogen) atoms. The van der Waals surface area contributed by atoms with E-state index in [0.717, 1.165) is 5.56 Å². The van der Waals surface area contributed by atoms with Gasteiger partial charge < -0.3 is 5.11 Å². The predicted octanol–water partition coefficient (Wildman–Crippen LogP) is 1.99. The molecule has 1 rings (SSSR count). The van der Waals surface area contributed by atoms with E-state index in [9.17, 15) is 9.90 Å². The first-order valence-corrected chi connectivity index (χ1v) is 4.46. The van der Waals surface area contributed by atoms with Crippen molar-refractivity contribution in [3.63, 3.8) is 0 Å². The molecule has 0 aromatic heterocycles. The minimum Gasteiger partial charge on any atom is -0.507 e. The number of carbonyl (C=O) groups is 1. The van der Waals surface area contributed by atoms with Crippen molar-refractivity contribution < 1.29 is 9.90 Å². The van der Waals surface area contributed by atoms with E-state index in [0.29, 0.717) is 0 Å². The summed E-state index contributed by atoms with van der Waals surface area (Å²) >= 11 is 5.36. The maximum atomic E-state index is 11.3. The lowest BCUT2D eigenvalue weighted by Crippen LogP contribution is -2.04. The molecule has 0 aliphatic carbocycles. The molecule has 0 atom stereocenters. The van der Waals surface area contributed by atoms with Gasteiger partial charge in [0.25, 0.3) is 0 Å². The van der Waals surface area contributed by atoms with E-state index in [4.69, 9.17) is 16.9 Å². The number of phenolic OH excluding ortho intramolecular Hbond substituents is 1. The monoisotopic (exact) mass is 209 g/mol. The Morgan fingerprint density at radius 1 is 1.64 bits per heavy atom. The summed E-state index contributed by atoms with van der Waals surface area (Å²) in [4.78, 5) is 11.3. The van der Waals surface area contributed by atoms with E-state index in [-0.39, 0.29) is 22.8 Å². The van der Waals surface area contributed by atoms with Gasteiger partial charge in [0.2, 0.25) is 0 Å². The van der Waals surface area contributed by atoms with E-state index in [2.05, 4.69) is 0 Å². The molecule has 1 aromatic rings. The molecule has 0 saturated heterocycles. The first-order valence-electron chi connectivity index (χ1n) is 3.93. The molecule has 0 bridgehead atoms. The first-order chi connectivity index (χ1) is 6.60. The molecule has 0 unspecified atom stereocenters. The Morgan fingerprint density at radius 3 is 2.79 bits per heavy atom. The molecule has 0 aliphatic rings. The Hall–Kier alpha value is -1.53. The van der Waals surface area contributed by atoms with Crippen LogP contribution in [0.3, 0.4) is 0 Å². The van der Waals surface area contributed by atoms with Crippen LogP contribution in [0.4, 0.5) is 0 Å². The second-order valence-corrected chi connectivity index (χ2v) is 3.14. The number of phenols is 1. The van der Waals surface area contributed by atoms with Crippen LogP contribution in [0, 0.1) is 18.3 Å². The summed E-state index contributed by atoms with van der Waals surface area (Å²) in [5, 5.41) is 18.2. The van der Waals surface area contributed by atoms with E-state index in [1.54, 1.807) is 13.0 Å². The molecule has 0 heterocycles. The van der Waals surface area contributed by atoms with Crippen LogP contribution in [0.1, 0.15) is 21.5 Å². The van der Waals surface area contributed by atoms with Gasteiger partial charge in [-0.3, -0.25) is 4.79 Å². The third-order valence-corrected chi connectivity index (χ3v) is 2.03. The second kappa shape index (κ2) is 4.12. The zero-order valence-electron chi connectivity index (χ0n) is 7.54. The molecule has 0 saturated carbocycles. The van der Waals surface area contributed by atoms with Crippen LogP contribution in [-0.2, 0) is 0 Å². The molecule has 4 heteroatoms. The summed E-state index contributed by atoms with van der Waals surface area (Å²) in [6.07, 6.45) is 0. The van der Waals surface area contributed by atoms with Gasteiger partial charge in [-0.05, 0) is 24.6 Å². The van der Waals surface area contributed by atoms with Crippen LogP contribution in [0.15, 0.2) is 12.1 Å². The summed E-state index contributed by atoms with van der Waals surface area (Å²) in [6, 6.07) is 4.83. The smallest absolute Gasteiger partial charge is 0.182 e. The third kappa shape index (κ3) is 1.86. The molecule has 3 nitrogen and oxygen atoms in total. The van der Waals surface area contributed by atoms with E-state index in [1.807, 2.05) is 6.07 Å². The van der Waals surface area contributed by atoms with Gasteiger partial charge in [-0.2, -0.15) is 5.26 Å². The minimum atomic E-state index is -0.444. The van der Waals surface area contributed by atoms with Gasteiger partial charge in [-0.1, -0.05) is 0 Å². The van der Waals surface area contributed by atoms with E-state index >= 15 is 0 Å². The zero-order valence-corrected chi connectivity index (χ0v) is 8.30. The van der Waals surface area contributed by atoms with Crippen molar-refractivity contribution in [2.45, 2.75) is 6.92 Å². The molecule has 1 aromatic carbocycles. The average molecular weight is 210 g/mol. The van der Waals surface area contributed by atoms with Crippen LogP contribution < -0.4 is 0 Å². The van der Waals surface area contributed by atoms with Crippen molar-refractivity contribution in [2.24, 2.45) is 0 Å². The highest BCUT2D eigenvalue weighted by molar-refractivity contribution is 6.31. The summed E-state index contributed by atoms with van der Waals surface area (Å²) in [5.74, 6) is -0.876. The number of benzene rings is 1. The van der Waals surface area contributed by atoms with Crippen molar-refractivity contribution >= 4 is 17.4 Å². The molecule has 0 amide bonds. The number of carbonyl (C=O) groups excluding carboxylic acids is 1. The number of rotatable bonds is 2. The third-order valence-electron chi connectivity index (χ3n) is 1.78. The molecular formula is C10H8ClNO2. The van der Waals surface area contributed by atoms with Gasteiger partial charge in [0, 0.05) is 0 Å². The molecule has 1 N–H and O–H groups in total. The van der Waals surface area contributed by atoms with E-state index in [1.165, 1.54) is 6.07 Å². The lowest BCUT2D eigenvalue weighted by molar-refractivity contribution is 0.101. The van der Waals surface area contributed by atoms with Gasteiger partial charge in [0.15, 0.2) is 5.78 Å². The number of Topliss-reactive ketones (excluding diaryl/α,β-unsaturated/α-hetero) is 1. The van der Waals surface area contributed by atoms with Crippen molar-refractivity contribution in [3.8, 4) is 11.8 Å². The summed E-state index contributed by atoms with van der Waals surface area (Å²) in [5.41, 5.74) is 0.895. The SMILES string of the molecule is Cc1cc(O)c(C(=O)CCl)c(C#N)c1. The maximum absolute atomic E-state index is 11.3. The van der Waals surface area contributed by atoms with Crippen LogP contribution in [0.2, 0.25) is 0 Å². The van der Waals surface area contributed by atoms with Crippen LogP contribution in [0.5, 0.6) is 5.75 Å². The number of hydrogen-bond donors (Lipinski definition) is 1. The van der Waals surface area contributed by atoms with Crippen LogP contribution >= 0.6 is 11.6 Å². The average Bonchev–Trinajstić information content (AvgIpc) is 2.15. The number of aryl methyl sites for hydroxylation is 1. The highest BCUT2D eigenvalue weighted by Crippen LogP contribution is 2.23.